The third kappa shape index (κ3) is 5.48. The molecule has 2 rings (SSSR count). The van der Waals surface area contributed by atoms with Crippen molar-refractivity contribution in [1.82, 2.24) is 15.1 Å². The number of nitrogens with one attached hydrogen (secondary N) is 1. The molecule has 0 aromatic rings. The lowest BCUT2D eigenvalue weighted by molar-refractivity contribution is 0.0493. The molecule has 1 aliphatic carbocycles. The van der Waals surface area contributed by atoms with Crippen LogP contribution >= 0.6 is 0 Å². The van der Waals surface area contributed by atoms with Crippen LogP contribution in [0.3, 0.4) is 0 Å². The Kier molecular flexibility index (Phi) is 5.92. The van der Waals surface area contributed by atoms with Crippen molar-refractivity contribution >= 4 is 0 Å². The number of nitrogens with two attached hydrogens (primary N) is 1. The zero-order chi connectivity index (χ0) is 16.4. The summed E-state index contributed by atoms with van der Waals surface area (Å²) < 4.78 is 0. The van der Waals surface area contributed by atoms with Crippen molar-refractivity contribution in [3.8, 4) is 0 Å². The van der Waals surface area contributed by atoms with E-state index in [1.165, 1.54) is 45.4 Å². The summed E-state index contributed by atoms with van der Waals surface area (Å²) in [5.41, 5.74) is 6.60. The maximum absolute atomic E-state index is 6.13. The van der Waals surface area contributed by atoms with Crippen molar-refractivity contribution in [1.29, 1.82) is 0 Å². The quantitative estimate of drug-likeness (QED) is 0.834. The predicted molar refractivity (Wildman–Crippen MR) is 95.2 cm³/mol. The monoisotopic (exact) mass is 310 g/mol. The Hall–Kier alpha value is -0.160. The average molecular weight is 311 g/mol. The van der Waals surface area contributed by atoms with Crippen LogP contribution in [-0.2, 0) is 0 Å². The van der Waals surface area contributed by atoms with Crippen molar-refractivity contribution in [2.75, 3.05) is 32.7 Å². The minimum absolute atomic E-state index is 0.172. The fraction of sp³-hybridized carbons (Fsp3) is 1.00. The molecule has 0 radical (unpaired) electrons. The van der Waals surface area contributed by atoms with Gasteiger partial charge in [-0.2, -0.15) is 0 Å². The van der Waals surface area contributed by atoms with Crippen LogP contribution in [-0.4, -0.2) is 65.7 Å². The summed E-state index contributed by atoms with van der Waals surface area (Å²) in [7, 11) is 0. The first-order valence-corrected chi connectivity index (χ1v) is 9.16. The maximum atomic E-state index is 6.13. The summed E-state index contributed by atoms with van der Waals surface area (Å²) in [6, 6.07) is 1.01. The van der Waals surface area contributed by atoms with Gasteiger partial charge in [0.05, 0.1) is 0 Å². The van der Waals surface area contributed by atoms with Crippen LogP contribution in [0.2, 0.25) is 0 Å². The first-order chi connectivity index (χ1) is 10.2. The van der Waals surface area contributed by atoms with Crippen LogP contribution in [0.5, 0.6) is 0 Å². The highest BCUT2D eigenvalue weighted by Crippen LogP contribution is 2.21. The highest BCUT2D eigenvalue weighted by atomic mass is 15.3. The molecule has 1 saturated carbocycles. The zero-order valence-corrected chi connectivity index (χ0v) is 15.5. The van der Waals surface area contributed by atoms with E-state index in [1.54, 1.807) is 0 Å². The van der Waals surface area contributed by atoms with Gasteiger partial charge in [-0.1, -0.05) is 6.42 Å². The topological polar surface area (TPSA) is 44.5 Å². The van der Waals surface area contributed by atoms with E-state index in [-0.39, 0.29) is 5.54 Å². The lowest BCUT2D eigenvalue weighted by Gasteiger charge is -2.45. The second-order valence-electron chi connectivity index (χ2n) is 9.09. The molecule has 0 bridgehead atoms. The molecule has 1 aliphatic heterocycles. The molecule has 0 spiro atoms. The third-order valence-electron chi connectivity index (χ3n) is 5.25. The van der Waals surface area contributed by atoms with Crippen LogP contribution in [0.25, 0.3) is 0 Å². The number of rotatable bonds is 4. The zero-order valence-electron chi connectivity index (χ0n) is 15.5. The van der Waals surface area contributed by atoms with Crippen LogP contribution in [0.4, 0.5) is 0 Å². The Labute approximate surface area is 137 Å². The van der Waals surface area contributed by atoms with Gasteiger partial charge in [0.1, 0.15) is 0 Å². The molecule has 4 nitrogen and oxygen atoms in total. The summed E-state index contributed by atoms with van der Waals surface area (Å²) >= 11 is 0. The van der Waals surface area contributed by atoms with Crippen LogP contribution in [0, 0.1) is 0 Å². The largest absolute Gasteiger partial charge is 0.328 e. The standard InChI is InChI=1S/C18H38N4/c1-17(2,3)22-11-9-21(10-12-22)14-18(4,5)20-16-8-6-7-15(19)13-16/h15-16,20H,6-14,19H2,1-5H3. The van der Waals surface area contributed by atoms with Gasteiger partial charge in [-0.05, 0) is 53.9 Å². The Balaban J connectivity index is 1.77. The van der Waals surface area contributed by atoms with Crippen molar-refractivity contribution in [2.45, 2.75) is 83.5 Å². The Morgan fingerprint density at radius 2 is 1.64 bits per heavy atom. The van der Waals surface area contributed by atoms with Gasteiger partial charge in [0.15, 0.2) is 0 Å². The van der Waals surface area contributed by atoms with Gasteiger partial charge in [-0.25, -0.2) is 0 Å². The molecule has 4 heteroatoms. The van der Waals surface area contributed by atoms with Gasteiger partial charge in [0.25, 0.3) is 0 Å². The van der Waals surface area contributed by atoms with Gasteiger partial charge in [-0.3, -0.25) is 9.80 Å². The Morgan fingerprint density at radius 1 is 1.00 bits per heavy atom. The summed E-state index contributed by atoms with van der Waals surface area (Å²) in [4.78, 5) is 5.22. The lowest BCUT2D eigenvalue weighted by atomic mass is 9.89. The van der Waals surface area contributed by atoms with E-state index in [2.05, 4.69) is 49.7 Å². The van der Waals surface area contributed by atoms with Gasteiger partial charge in [-0.15, -0.1) is 0 Å². The Morgan fingerprint density at radius 3 is 2.18 bits per heavy atom. The van der Waals surface area contributed by atoms with Gasteiger partial charge in [0.2, 0.25) is 0 Å². The molecule has 2 aliphatic rings. The molecule has 0 amide bonds. The van der Waals surface area contributed by atoms with E-state index in [0.29, 0.717) is 17.6 Å². The third-order valence-corrected chi connectivity index (χ3v) is 5.25. The van der Waals surface area contributed by atoms with E-state index >= 15 is 0 Å². The molecule has 22 heavy (non-hydrogen) atoms. The number of hydrogen-bond donors (Lipinski definition) is 2. The van der Waals surface area contributed by atoms with E-state index < -0.39 is 0 Å². The smallest absolute Gasteiger partial charge is 0.0254 e. The molecule has 3 N–H and O–H groups in total. The molecule has 2 atom stereocenters. The summed E-state index contributed by atoms with van der Waals surface area (Å²) in [6.45, 7) is 17.5. The van der Waals surface area contributed by atoms with Gasteiger partial charge < -0.3 is 11.1 Å². The van der Waals surface area contributed by atoms with Crippen LogP contribution < -0.4 is 11.1 Å². The number of hydrogen-bond acceptors (Lipinski definition) is 4. The molecule has 130 valence electrons. The second kappa shape index (κ2) is 7.16. The molecule has 0 aromatic carbocycles. The minimum Gasteiger partial charge on any atom is -0.328 e. The maximum Gasteiger partial charge on any atom is 0.0254 e. The van der Waals surface area contributed by atoms with E-state index in [0.717, 1.165) is 13.0 Å². The van der Waals surface area contributed by atoms with E-state index in [9.17, 15) is 0 Å². The minimum atomic E-state index is 0.172. The number of nitrogens with zero attached hydrogens (tertiary/aromatic N) is 2. The summed E-state index contributed by atoms with van der Waals surface area (Å²) in [6.07, 6.45) is 4.91. The number of piperazine rings is 1. The molecule has 1 heterocycles. The Bertz CT molecular complexity index is 339. The van der Waals surface area contributed by atoms with Crippen molar-refractivity contribution in [3.05, 3.63) is 0 Å². The highest BCUT2D eigenvalue weighted by molar-refractivity contribution is 4.91. The summed E-state index contributed by atoms with van der Waals surface area (Å²) in [5.74, 6) is 0. The lowest BCUT2D eigenvalue weighted by Crippen LogP contribution is -2.59. The molecular formula is C18H38N4. The fourth-order valence-electron chi connectivity index (χ4n) is 4.09. The fourth-order valence-corrected chi connectivity index (χ4v) is 4.09. The average Bonchev–Trinajstić information content (AvgIpc) is 2.37. The summed E-state index contributed by atoms with van der Waals surface area (Å²) in [5, 5.41) is 3.88. The normalized spacial score (nSPS) is 29.7. The van der Waals surface area contributed by atoms with Gasteiger partial charge >= 0.3 is 0 Å². The SMILES string of the molecule is CC(C)(CN1CCN(C(C)(C)C)CC1)NC1CCCC(N)C1. The van der Waals surface area contributed by atoms with Crippen molar-refractivity contribution < 1.29 is 0 Å². The van der Waals surface area contributed by atoms with Crippen molar-refractivity contribution in [3.63, 3.8) is 0 Å². The van der Waals surface area contributed by atoms with E-state index in [1.807, 2.05) is 0 Å². The van der Waals surface area contributed by atoms with Crippen LogP contribution in [0.1, 0.15) is 60.3 Å². The molecule has 0 aromatic heterocycles. The van der Waals surface area contributed by atoms with E-state index in [4.69, 9.17) is 5.73 Å². The molecule has 1 saturated heterocycles. The highest BCUT2D eigenvalue weighted by Gasteiger charge is 2.31. The molecule has 2 unspecified atom stereocenters. The second-order valence-corrected chi connectivity index (χ2v) is 9.09. The first kappa shape index (κ1) is 18.2. The molecular weight excluding hydrogens is 272 g/mol. The van der Waals surface area contributed by atoms with Gasteiger partial charge in [0, 0.05) is 55.9 Å². The predicted octanol–water partition coefficient (Wildman–Crippen LogP) is 2.04. The van der Waals surface area contributed by atoms with Crippen LogP contribution in [0.15, 0.2) is 0 Å². The first-order valence-electron chi connectivity index (χ1n) is 9.16. The molecule has 2 fully saturated rings. The van der Waals surface area contributed by atoms with Crippen molar-refractivity contribution in [2.24, 2.45) is 5.73 Å².